The molecule has 3 aliphatic rings. The molecule has 3 heterocycles. The van der Waals surface area contributed by atoms with E-state index >= 15 is 0 Å². The molecule has 0 amide bonds. The number of ether oxygens (including phenoxy) is 1. The molecule has 2 aromatic rings. The van der Waals surface area contributed by atoms with Gasteiger partial charge in [0, 0.05) is 50.5 Å². The van der Waals surface area contributed by atoms with Gasteiger partial charge in [0.15, 0.2) is 11.6 Å². The van der Waals surface area contributed by atoms with E-state index in [4.69, 9.17) is 4.74 Å². The van der Waals surface area contributed by atoms with E-state index in [-0.39, 0.29) is 23.7 Å². The van der Waals surface area contributed by atoms with Gasteiger partial charge >= 0.3 is 0 Å². The number of likely N-dealkylation sites (tertiary alicyclic amines) is 1. The first-order valence-electron chi connectivity index (χ1n) is 11.1. The largest absolute Gasteiger partial charge is 0.381 e. The van der Waals surface area contributed by atoms with Crippen molar-refractivity contribution in [2.75, 3.05) is 38.2 Å². The predicted octanol–water partition coefficient (Wildman–Crippen LogP) is 4.53. The highest BCUT2D eigenvalue weighted by atomic mass is 35.5. The predicted molar refractivity (Wildman–Crippen MR) is 118 cm³/mol. The van der Waals surface area contributed by atoms with Crippen LogP contribution in [-0.4, -0.2) is 54.0 Å². The SMILES string of the molecule is Cl.Fc1cc(F)c(F)c(-c2ccc(NC3C[C@@H]4CN(CC5CCOCC5)C[C@@H]4C3)nn2)c1. The molecule has 0 radical (unpaired) electrons. The van der Waals surface area contributed by atoms with E-state index < -0.39 is 17.5 Å². The highest BCUT2D eigenvalue weighted by Crippen LogP contribution is 2.39. The lowest BCUT2D eigenvalue weighted by Crippen LogP contribution is -2.32. The Kier molecular flexibility index (Phi) is 7.22. The van der Waals surface area contributed by atoms with E-state index in [1.54, 1.807) is 6.07 Å². The minimum atomic E-state index is -1.23. The van der Waals surface area contributed by atoms with Crippen molar-refractivity contribution in [3.05, 3.63) is 41.7 Å². The zero-order valence-corrected chi connectivity index (χ0v) is 18.6. The van der Waals surface area contributed by atoms with Gasteiger partial charge in [0.25, 0.3) is 0 Å². The molecule has 1 aromatic heterocycles. The average Bonchev–Trinajstić information content (AvgIpc) is 3.30. The standard InChI is InChI=1S/C23H27F3N4O.ClH/c24-17-9-19(23(26)20(25)10-17)21-1-2-22(29-28-21)27-18-7-15-12-30(13-16(15)8-18)11-14-3-5-31-6-4-14;/h1-2,9-10,14-16,18H,3-8,11-13H2,(H,27,29);1H/t15-,16+,18?;. The summed E-state index contributed by atoms with van der Waals surface area (Å²) in [5.41, 5.74) is -0.120. The molecular weight excluding hydrogens is 441 g/mol. The van der Waals surface area contributed by atoms with Gasteiger partial charge in [-0.2, -0.15) is 0 Å². The van der Waals surface area contributed by atoms with E-state index in [1.807, 2.05) is 0 Å². The lowest BCUT2D eigenvalue weighted by molar-refractivity contribution is 0.0545. The monoisotopic (exact) mass is 468 g/mol. The quantitative estimate of drug-likeness (QED) is 0.653. The van der Waals surface area contributed by atoms with Crippen molar-refractivity contribution in [2.24, 2.45) is 17.8 Å². The maximum atomic E-state index is 14.0. The van der Waals surface area contributed by atoms with Crippen LogP contribution in [0.2, 0.25) is 0 Å². The van der Waals surface area contributed by atoms with E-state index in [1.165, 1.54) is 25.5 Å². The number of hydrogen-bond donors (Lipinski definition) is 1. The second-order valence-electron chi connectivity index (χ2n) is 9.16. The van der Waals surface area contributed by atoms with Crippen molar-refractivity contribution in [1.29, 1.82) is 0 Å². The smallest absolute Gasteiger partial charge is 0.168 e. The van der Waals surface area contributed by atoms with Crippen LogP contribution in [0, 0.1) is 35.2 Å². The van der Waals surface area contributed by atoms with Gasteiger partial charge in [-0.3, -0.25) is 0 Å². The zero-order valence-electron chi connectivity index (χ0n) is 17.8. The topological polar surface area (TPSA) is 50.3 Å². The van der Waals surface area contributed by atoms with Gasteiger partial charge in [-0.15, -0.1) is 22.6 Å². The summed E-state index contributed by atoms with van der Waals surface area (Å²) in [5, 5.41) is 11.5. The summed E-state index contributed by atoms with van der Waals surface area (Å²) in [6.07, 6.45) is 4.55. The molecule has 32 heavy (non-hydrogen) atoms. The minimum absolute atomic E-state index is 0. The Labute approximate surface area is 192 Å². The maximum absolute atomic E-state index is 14.0. The Morgan fingerprint density at radius 2 is 1.72 bits per heavy atom. The Bertz CT molecular complexity index is 912. The number of rotatable bonds is 5. The molecule has 174 valence electrons. The van der Waals surface area contributed by atoms with Crippen molar-refractivity contribution < 1.29 is 17.9 Å². The highest BCUT2D eigenvalue weighted by Gasteiger charge is 2.41. The fraction of sp³-hybridized carbons (Fsp3) is 0.565. The number of nitrogens with zero attached hydrogens (tertiary/aromatic N) is 3. The van der Waals surface area contributed by atoms with Gasteiger partial charge in [0.2, 0.25) is 0 Å². The first-order valence-corrected chi connectivity index (χ1v) is 11.1. The molecular formula is C23H28ClF3N4O. The lowest BCUT2D eigenvalue weighted by atomic mass is 10.00. The molecule has 3 atom stereocenters. The fourth-order valence-corrected chi connectivity index (χ4v) is 5.46. The normalized spacial score (nSPS) is 26.0. The van der Waals surface area contributed by atoms with Crippen LogP contribution in [-0.2, 0) is 4.74 Å². The highest BCUT2D eigenvalue weighted by molar-refractivity contribution is 5.85. The summed E-state index contributed by atoms with van der Waals surface area (Å²) in [4.78, 5) is 2.63. The molecule has 0 bridgehead atoms. The van der Waals surface area contributed by atoms with Crippen LogP contribution in [0.25, 0.3) is 11.3 Å². The second-order valence-corrected chi connectivity index (χ2v) is 9.16. The summed E-state index contributed by atoms with van der Waals surface area (Å²) in [6, 6.07) is 5.02. The van der Waals surface area contributed by atoms with Crippen molar-refractivity contribution in [2.45, 2.75) is 31.7 Å². The van der Waals surface area contributed by atoms with E-state index in [0.29, 0.717) is 29.8 Å². The Hall–Kier alpha value is -1.90. The van der Waals surface area contributed by atoms with Crippen molar-refractivity contribution >= 4 is 18.2 Å². The zero-order chi connectivity index (χ0) is 21.4. The van der Waals surface area contributed by atoms with Gasteiger partial charge in [-0.05, 0) is 61.6 Å². The summed E-state index contributed by atoms with van der Waals surface area (Å²) in [7, 11) is 0. The third kappa shape index (κ3) is 5.02. The Morgan fingerprint density at radius 1 is 1.00 bits per heavy atom. The number of anilines is 1. The van der Waals surface area contributed by atoms with Crippen LogP contribution in [0.4, 0.5) is 19.0 Å². The number of nitrogens with one attached hydrogen (secondary N) is 1. The first-order chi connectivity index (χ1) is 15.0. The van der Waals surface area contributed by atoms with E-state index in [2.05, 4.69) is 20.4 Å². The molecule has 2 saturated heterocycles. The van der Waals surface area contributed by atoms with Gasteiger partial charge in [-0.1, -0.05) is 0 Å². The number of halogens is 4. The van der Waals surface area contributed by atoms with E-state index in [0.717, 1.165) is 51.1 Å². The maximum Gasteiger partial charge on any atom is 0.168 e. The summed E-state index contributed by atoms with van der Waals surface area (Å²) < 4.78 is 46.3. The molecule has 3 fully saturated rings. The molecule has 1 aliphatic carbocycles. The summed E-state index contributed by atoms with van der Waals surface area (Å²) in [6.45, 7) is 5.32. The van der Waals surface area contributed by atoms with Crippen LogP contribution in [0.15, 0.2) is 24.3 Å². The molecule has 1 aromatic carbocycles. The van der Waals surface area contributed by atoms with Gasteiger partial charge in [0.1, 0.15) is 11.6 Å². The summed E-state index contributed by atoms with van der Waals surface area (Å²) in [5.74, 6) is -0.423. The molecule has 2 aliphatic heterocycles. The fourth-order valence-electron chi connectivity index (χ4n) is 5.46. The van der Waals surface area contributed by atoms with Crippen molar-refractivity contribution in [1.82, 2.24) is 15.1 Å². The third-order valence-corrected chi connectivity index (χ3v) is 6.97. The van der Waals surface area contributed by atoms with Crippen LogP contribution < -0.4 is 5.32 Å². The summed E-state index contributed by atoms with van der Waals surface area (Å²) >= 11 is 0. The molecule has 5 rings (SSSR count). The van der Waals surface area contributed by atoms with Crippen LogP contribution in [0.5, 0.6) is 0 Å². The molecule has 1 N–H and O–H groups in total. The number of benzene rings is 1. The van der Waals surface area contributed by atoms with Crippen LogP contribution in [0.1, 0.15) is 25.7 Å². The number of hydrogen-bond acceptors (Lipinski definition) is 5. The van der Waals surface area contributed by atoms with Gasteiger partial charge < -0.3 is 15.0 Å². The van der Waals surface area contributed by atoms with E-state index in [9.17, 15) is 13.2 Å². The van der Waals surface area contributed by atoms with Gasteiger partial charge in [0.05, 0.1) is 5.69 Å². The third-order valence-electron chi connectivity index (χ3n) is 6.97. The van der Waals surface area contributed by atoms with Crippen molar-refractivity contribution in [3.63, 3.8) is 0 Å². The molecule has 9 heteroatoms. The first kappa shape index (κ1) is 23.3. The number of fused-ring (bicyclic) bond motifs is 1. The van der Waals surface area contributed by atoms with Crippen LogP contribution >= 0.6 is 12.4 Å². The Morgan fingerprint density at radius 3 is 2.38 bits per heavy atom. The molecule has 5 nitrogen and oxygen atoms in total. The van der Waals surface area contributed by atoms with Gasteiger partial charge in [-0.25, -0.2) is 13.2 Å². The van der Waals surface area contributed by atoms with Crippen LogP contribution in [0.3, 0.4) is 0 Å². The molecule has 0 spiro atoms. The van der Waals surface area contributed by atoms with Crippen molar-refractivity contribution in [3.8, 4) is 11.3 Å². The number of aromatic nitrogens is 2. The minimum Gasteiger partial charge on any atom is -0.381 e. The molecule has 1 unspecified atom stereocenters. The average molecular weight is 469 g/mol. The lowest BCUT2D eigenvalue weighted by Gasteiger charge is -2.27. The Balaban J connectivity index is 0.00000245. The second kappa shape index (κ2) is 9.93. The molecule has 1 saturated carbocycles.